The van der Waals surface area contributed by atoms with E-state index in [0.29, 0.717) is 10.6 Å². The first-order valence-corrected chi connectivity index (χ1v) is 10.1. The molecule has 3 aromatic rings. The third-order valence-corrected chi connectivity index (χ3v) is 5.25. The summed E-state index contributed by atoms with van der Waals surface area (Å²) in [6.45, 7) is -2.47. The van der Waals surface area contributed by atoms with Crippen molar-refractivity contribution in [3.8, 4) is 5.69 Å². The molecule has 1 N–H and O–H groups in total. The summed E-state index contributed by atoms with van der Waals surface area (Å²) < 4.78 is 70.1. The van der Waals surface area contributed by atoms with E-state index in [1.165, 1.54) is 18.3 Å². The van der Waals surface area contributed by atoms with Gasteiger partial charge in [0.05, 0.1) is 24.5 Å². The summed E-state index contributed by atoms with van der Waals surface area (Å²) in [4.78, 5) is 17.6. The lowest BCUT2D eigenvalue weighted by atomic mass is 10.2. The molecule has 0 aliphatic carbocycles. The zero-order valence-corrected chi connectivity index (χ0v) is 17.6. The first-order chi connectivity index (χ1) is 16.1. The van der Waals surface area contributed by atoms with E-state index in [0.717, 1.165) is 23.0 Å². The Labute approximate surface area is 190 Å². The van der Waals surface area contributed by atoms with Crippen LogP contribution in [0, 0.1) is 11.2 Å². The van der Waals surface area contributed by atoms with E-state index < -0.39 is 36.2 Å². The minimum absolute atomic E-state index is 0.0000489. The van der Waals surface area contributed by atoms with Crippen LogP contribution in [-0.2, 0) is 0 Å². The molecule has 1 aliphatic heterocycles. The van der Waals surface area contributed by atoms with Gasteiger partial charge in [-0.1, -0.05) is 18.2 Å². The summed E-state index contributed by atoms with van der Waals surface area (Å²) in [5, 5.41) is 11.6. The molecule has 0 amide bonds. The van der Waals surface area contributed by atoms with Crippen LogP contribution in [0.2, 0.25) is 0 Å². The molecular weight excluding hydrogens is 457 g/mol. The molecule has 4 rings (SSSR count). The number of benzene rings is 2. The molecule has 0 saturated carbocycles. The fraction of sp³-hybridized carbons (Fsp3) is 0.217. The minimum Gasteiger partial charge on any atom is -0.359 e. The Balaban J connectivity index is 1.70. The lowest BCUT2D eigenvalue weighted by molar-refractivity contribution is -0.172. The predicted molar refractivity (Wildman–Crippen MR) is 118 cm³/mol. The first-order valence-electron chi connectivity index (χ1n) is 10.1. The van der Waals surface area contributed by atoms with Crippen molar-refractivity contribution >= 4 is 23.3 Å². The molecular formula is C23H18F5N5O. The minimum atomic E-state index is -4.22. The summed E-state index contributed by atoms with van der Waals surface area (Å²) in [5.74, 6) is -9.35. The van der Waals surface area contributed by atoms with Crippen LogP contribution >= 0.6 is 0 Å². The average Bonchev–Trinajstić information content (AvgIpc) is 3.01. The van der Waals surface area contributed by atoms with Crippen molar-refractivity contribution < 1.29 is 22.0 Å². The highest BCUT2D eigenvalue weighted by Gasteiger charge is 2.63. The van der Waals surface area contributed by atoms with E-state index >= 15 is 0 Å². The van der Waals surface area contributed by atoms with Gasteiger partial charge in [0.15, 0.2) is 11.5 Å². The third-order valence-electron chi connectivity index (χ3n) is 5.25. The second-order valence-corrected chi connectivity index (χ2v) is 7.68. The maximum Gasteiger partial charge on any atom is 0.329 e. The van der Waals surface area contributed by atoms with E-state index in [-0.39, 0.29) is 29.2 Å². The number of alkyl halides is 4. The summed E-state index contributed by atoms with van der Waals surface area (Å²) in [6.07, 6.45) is 2.27. The van der Waals surface area contributed by atoms with Crippen molar-refractivity contribution in [2.24, 2.45) is 4.99 Å². The van der Waals surface area contributed by atoms with Gasteiger partial charge in [0.2, 0.25) is 5.43 Å². The van der Waals surface area contributed by atoms with Gasteiger partial charge in [-0.05, 0) is 30.3 Å². The number of nitrogens with one attached hydrogen (secondary N) is 1. The number of hydrogen-bond acceptors (Lipinski definition) is 5. The number of nitrogens with zero attached hydrogens (tertiary/aromatic N) is 4. The summed E-state index contributed by atoms with van der Waals surface area (Å²) in [6, 6.07) is 13.1. The maximum atomic E-state index is 14.9. The van der Waals surface area contributed by atoms with E-state index in [4.69, 9.17) is 5.41 Å². The fourth-order valence-corrected chi connectivity index (χ4v) is 3.52. The molecule has 1 aliphatic rings. The van der Waals surface area contributed by atoms with Crippen LogP contribution in [0.15, 0.2) is 70.6 Å². The van der Waals surface area contributed by atoms with Crippen LogP contribution in [-0.4, -0.2) is 46.6 Å². The maximum absolute atomic E-state index is 14.9. The van der Waals surface area contributed by atoms with Crippen molar-refractivity contribution in [1.29, 1.82) is 5.41 Å². The molecule has 34 heavy (non-hydrogen) atoms. The molecule has 1 fully saturated rings. The summed E-state index contributed by atoms with van der Waals surface area (Å²) in [5.41, 5.74) is -0.126. The highest BCUT2D eigenvalue weighted by Crippen LogP contribution is 2.42. The normalized spacial score (nSPS) is 17.1. The molecule has 1 aromatic heterocycles. The number of aromatic nitrogens is 2. The molecule has 0 spiro atoms. The molecule has 11 heteroatoms. The van der Waals surface area contributed by atoms with Gasteiger partial charge in [-0.15, -0.1) is 0 Å². The Morgan fingerprint density at radius 2 is 1.74 bits per heavy atom. The number of rotatable bonds is 6. The standard InChI is InChI=1S/C23H18F5N5O/c24-17-12-16(32-13-22(25,26)23(27,28)14-32)6-7-19(17)33-11-9-20(34)21(31-33)18(8-10-29)30-15-4-2-1-3-5-15/h1-7,9-12,29H,8,13-14H2. The quantitative estimate of drug-likeness (QED) is 0.418. The van der Waals surface area contributed by atoms with E-state index in [1.54, 1.807) is 30.3 Å². The number of hydrogen-bond donors (Lipinski definition) is 1. The van der Waals surface area contributed by atoms with Crippen molar-refractivity contribution in [1.82, 2.24) is 9.78 Å². The smallest absolute Gasteiger partial charge is 0.329 e. The molecule has 0 radical (unpaired) electrons. The number of anilines is 1. The zero-order chi connectivity index (χ0) is 24.5. The Kier molecular flexibility index (Phi) is 6.03. The van der Waals surface area contributed by atoms with Gasteiger partial charge in [-0.25, -0.2) is 9.07 Å². The Hall–Kier alpha value is -3.89. The monoisotopic (exact) mass is 475 g/mol. The number of para-hydroxylation sites is 1. The fourth-order valence-electron chi connectivity index (χ4n) is 3.52. The molecule has 2 aromatic carbocycles. The Bertz CT molecular complexity index is 1290. The van der Waals surface area contributed by atoms with E-state index in [2.05, 4.69) is 10.1 Å². The molecule has 0 bridgehead atoms. The molecule has 1 saturated heterocycles. The molecule has 2 heterocycles. The summed E-state index contributed by atoms with van der Waals surface area (Å²) >= 11 is 0. The summed E-state index contributed by atoms with van der Waals surface area (Å²) in [7, 11) is 0. The van der Waals surface area contributed by atoms with Crippen LogP contribution in [0.3, 0.4) is 0 Å². The highest BCUT2D eigenvalue weighted by molar-refractivity contribution is 6.06. The van der Waals surface area contributed by atoms with E-state index in [9.17, 15) is 26.7 Å². The van der Waals surface area contributed by atoms with Crippen LogP contribution < -0.4 is 10.3 Å². The van der Waals surface area contributed by atoms with Gasteiger partial charge in [-0.2, -0.15) is 22.7 Å². The third kappa shape index (κ3) is 4.45. The van der Waals surface area contributed by atoms with E-state index in [1.807, 2.05) is 0 Å². The molecule has 0 atom stereocenters. The largest absolute Gasteiger partial charge is 0.359 e. The zero-order valence-electron chi connectivity index (χ0n) is 17.6. The van der Waals surface area contributed by atoms with Gasteiger partial charge in [-0.3, -0.25) is 9.79 Å². The second-order valence-electron chi connectivity index (χ2n) is 7.68. The van der Waals surface area contributed by atoms with Crippen LogP contribution in [0.4, 0.5) is 33.3 Å². The predicted octanol–water partition coefficient (Wildman–Crippen LogP) is 4.62. The van der Waals surface area contributed by atoms with Crippen molar-refractivity contribution in [2.45, 2.75) is 18.3 Å². The van der Waals surface area contributed by atoms with Crippen molar-refractivity contribution in [2.75, 3.05) is 18.0 Å². The lowest BCUT2D eigenvalue weighted by Crippen LogP contribution is -2.38. The van der Waals surface area contributed by atoms with Gasteiger partial charge in [0.25, 0.3) is 0 Å². The number of halogens is 5. The van der Waals surface area contributed by atoms with Crippen LogP contribution in [0.25, 0.3) is 5.69 Å². The Morgan fingerprint density at radius 1 is 1.06 bits per heavy atom. The molecule has 0 unspecified atom stereocenters. The van der Waals surface area contributed by atoms with Gasteiger partial charge in [0, 0.05) is 30.6 Å². The van der Waals surface area contributed by atoms with Crippen LogP contribution in [0.1, 0.15) is 12.1 Å². The Morgan fingerprint density at radius 3 is 2.35 bits per heavy atom. The molecule has 176 valence electrons. The first kappa shape index (κ1) is 23.3. The molecule has 6 nitrogen and oxygen atoms in total. The van der Waals surface area contributed by atoms with Gasteiger partial charge in [0.1, 0.15) is 5.69 Å². The topological polar surface area (TPSA) is 74.3 Å². The van der Waals surface area contributed by atoms with Crippen molar-refractivity contribution in [3.63, 3.8) is 0 Å². The lowest BCUT2D eigenvalue weighted by Gasteiger charge is -2.18. The van der Waals surface area contributed by atoms with Crippen molar-refractivity contribution in [3.05, 3.63) is 82.5 Å². The van der Waals surface area contributed by atoms with Gasteiger partial charge < -0.3 is 10.3 Å². The SMILES string of the molecule is N=CCC(=Nc1ccccc1)c1nn(-c2ccc(N3CC(F)(F)C(F)(F)C3)cc2F)ccc1=O. The number of aliphatic imine (C=N–C) groups is 1. The van der Waals surface area contributed by atoms with Gasteiger partial charge >= 0.3 is 11.8 Å². The average molecular weight is 475 g/mol. The van der Waals surface area contributed by atoms with Crippen LogP contribution in [0.5, 0.6) is 0 Å². The second kappa shape index (κ2) is 8.81. The highest BCUT2D eigenvalue weighted by atomic mass is 19.3.